The van der Waals surface area contributed by atoms with Crippen LogP contribution in [0.1, 0.15) is 43.5 Å². The van der Waals surface area contributed by atoms with E-state index in [4.69, 9.17) is 0 Å². The number of carbonyl (C=O) groups is 1. The van der Waals surface area contributed by atoms with Crippen LogP contribution in [0.15, 0.2) is 22.7 Å². The second-order valence-electron chi connectivity index (χ2n) is 5.82. The molecule has 0 bridgehead atoms. The summed E-state index contributed by atoms with van der Waals surface area (Å²) in [6.45, 7) is 5.56. The van der Waals surface area contributed by atoms with Crippen molar-refractivity contribution in [1.82, 2.24) is 10.2 Å². The average Bonchev–Trinajstić information content (AvgIpc) is 2.47. The quantitative estimate of drug-likeness (QED) is 0.893. The fourth-order valence-electron chi connectivity index (χ4n) is 2.66. The number of benzene rings is 1. The van der Waals surface area contributed by atoms with E-state index < -0.39 is 5.82 Å². The van der Waals surface area contributed by atoms with E-state index >= 15 is 0 Å². The standard InChI is InChI=1S/C16H22BrFN2O/c1-11(2)20(10-13-5-3-4-8-19-13)16(21)14-9-12(17)6-7-15(14)18/h6-7,9,11,13,19H,3-5,8,10H2,1-2H3. The molecule has 1 atom stereocenters. The molecule has 1 aromatic carbocycles. The summed E-state index contributed by atoms with van der Waals surface area (Å²) in [6, 6.07) is 4.84. The van der Waals surface area contributed by atoms with Gasteiger partial charge in [0.25, 0.3) is 5.91 Å². The molecular weight excluding hydrogens is 335 g/mol. The zero-order chi connectivity index (χ0) is 15.4. The minimum absolute atomic E-state index is 0.0413. The number of nitrogens with zero attached hydrogens (tertiary/aromatic N) is 1. The van der Waals surface area contributed by atoms with E-state index in [0.29, 0.717) is 17.1 Å². The first kappa shape index (κ1) is 16.4. The summed E-state index contributed by atoms with van der Waals surface area (Å²) in [5, 5.41) is 3.44. The van der Waals surface area contributed by atoms with Crippen molar-refractivity contribution in [2.24, 2.45) is 0 Å². The summed E-state index contributed by atoms with van der Waals surface area (Å²) in [5.74, 6) is -0.707. The van der Waals surface area contributed by atoms with Crippen molar-refractivity contribution in [3.05, 3.63) is 34.1 Å². The molecule has 0 spiro atoms. The smallest absolute Gasteiger partial charge is 0.257 e. The summed E-state index contributed by atoms with van der Waals surface area (Å²) >= 11 is 3.30. The molecule has 1 saturated heterocycles. The Bertz CT molecular complexity index is 501. The fourth-order valence-corrected chi connectivity index (χ4v) is 3.02. The first-order valence-corrected chi connectivity index (χ1v) is 8.27. The molecule has 1 unspecified atom stereocenters. The van der Waals surface area contributed by atoms with Crippen molar-refractivity contribution in [2.75, 3.05) is 13.1 Å². The number of carbonyl (C=O) groups excluding carboxylic acids is 1. The zero-order valence-electron chi connectivity index (χ0n) is 12.5. The predicted octanol–water partition coefficient (Wildman–Crippen LogP) is 3.58. The third kappa shape index (κ3) is 4.27. The number of hydrogen-bond acceptors (Lipinski definition) is 2. The van der Waals surface area contributed by atoms with Crippen molar-refractivity contribution >= 4 is 21.8 Å². The molecule has 1 amide bonds. The van der Waals surface area contributed by atoms with Crippen molar-refractivity contribution in [2.45, 2.75) is 45.2 Å². The molecule has 5 heteroatoms. The lowest BCUT2D eigenvalue weighted by molar-refractivity contribution is 0.0672. The molecule has 1 heterocycles. The van der Waals surface area contributed by atoms with E-state index in [1.165, 1.54) is 18.9 Å². The molecule has 0 aliphatic carbocycles. The summed E-state index contributed by atoms with van der Waals surface area (Å²) in [4.78, 5) is 14.4. The van der Waals surface area contributed by atoms with Crippen LogP contribution < -0.4 is 5.32 Å². The van der Waals surface area contributed by atoms with E-state index in [9.17, 15) is 9.18 Å². The molecule has 1 fully saturated rings. The van der Waals surface area contributed by atoms with Gasteiger partial charge in [0.05, 0.1) is 5.56 Å². The predicted molar refractivity (Wildman–Crippen MR) is 85.9 cm³/mol. The molecule has 116 valence electrons. The normalized spacial score (nSPS) is 18.8. The van der Waals surface area contributed by atoms with E-state index in [1.54, 1.807) is 17.0 Å². The molecule has 1 aromatic rings. The Balaban J connectivity index is 2.16. The highest BCUT2D eigenvalue weighted by molar-refractivity contribution is 9.10. The fraction of sp³-hybridized carbons (Fsp3) is 0.562. The molecule has 21 heavy (non-hydrogen) atoms. The minimum atomic E-state index is -0.467. The van der Waals surface area contributed by atoms with Crippen LogP contribution in [0.3, 0.4) is 0 Å². The minimum Gasteiger partial charge on any atom is -0.335 e. The molecule has 0 saturated carbocycles. The third-order valence-corrected chi connectivity index (χ3v) is 4.37. The number of piperidine rings is 1. The molecular formula is C16H22BrFN2O. The molecule has 1 aliphatic heterocycles. The van der Waals surface area contributed by atoms with Gasteiger partial charge in [-0.15, -0.1) is 0 Å². The van der Waals surface area contributed by atoms with Crippen LogP contribution in [-0.2, 0) is 0 Å². The maximum atomic E-state index is 13.9. The van der Waals surface area contributed by atoms with Gasteiger partial charge in [-0.2, -0.15) is 0 Å². The lowest BCUT2D eigenvalue weighted by Crippen LogP contribution is -2.48. The van der Waals surface area contributed by atoms with Gasteiger partial charge in [-0.3, -0.25) is 4.79 Å². The van der Waals surface area contributed by atoms with Gasteiger partial charge in [-0.05, 0) is 51.4 Å². The summed E-state index contributed by atoms with van der Waals surface area (Å²) < 4.78 is 14.7. The van der Waals surface area contributed by atoms with Crippen LogP contribution in [0.25, 0.3) is 0 Å². The van der Waals surface area contributed by atoms with Crippen LogP contribution in [0.2, 0.25) is 0 Å². The zero-order valence-corrected chi connectivity index (χ0v) is 14.1. The average molecular weight is 357 g/mol. The molecule has 0 aromatic heterocycles. The summed E-state index contributed by atoms with van der Waals surface area (Å²) in [5.41, 5.74) is 0.133. The Morgan fingerprint density at radius 2 is 2.24 bits per heavy atom. The highest BCUT2D eigenvalue weighted by Crippen LogP contribution is 2.19. The van der Waals surface area contributed by atoms with Crippen LogP contribution in [0, 0.1) is 5.82 Å². The molecule has 0 radical (unpaired) electrons. The Hall–Kier alpha value is -0.940. The molecule has 1 N–H and O–H groups in total. The molecule has 3 nitrogen and oxygen atoms in total. The first-order valence-electron chi connectivity index (χ1n) is 7.48. The van der Waals surface area contributed by atoms with E-state index in [2.05, 4.69) is 21.2 Å². The molecule has 2 rings (SSSR count). The number of hydrogen-bond donors (Lipinski definition) is 1. The monoisotopic (exact) mass is 356 g/mol. The second kappa shape index (κ2) is 7.36. The number of rotatable bonds is 4. The van der Waals surface area contributed by atoms with Gasteiger partial charge < -0.3 is 10.2 Å². The van der Waals surface area contributed by atoms with Crippen LogP contribution in [0.4, 0.5) is 4.39 Å². The Kier molecular flexibility index (Phi) is 5.76. The van der Waals surface area contributed by atoms with Gasteiger partial charge in [0, 0.05) is 23.1 Å². The highest BCUT2D eigenvalue weighted by Gasteiger charge is 2.25. The number of amides is 1. The van der Waals surface area contributed by atoms with Crippen LogP contribution in [0.5, 0.6) is 0 Å². The largest absolute Gasteiger partial charge is 0.335 e. The van der Waals surface area contributed by atoms with Crippen molar-refractivity contribution in [3.8, 4) is 0 Å². The van der Waals surface area contributed by atoms with E-state index in [1.807, 2.05) is 13.8 Å². The third-order valence-electron chi connectivity index (χ3n) is 3.87. The Morgan fingerprint density at radius 1 is 1.48 bits per heavy atom. The lowest BCUT2D eigenvalue weighted by atomic mass is 10.0. The SMILES string of the molecule is CC(C)N(CC1CCCCN1)C(=O)c1cc(Br)ccc1F. The van der Waals surface area contributed by atoms with Gasteiger partial charge in [-0.25, -0.2) is 4.39 Å². The topological polar surface area (TPSA) is 32.3 Å². The van der Waals surface area contributed by atoms with Crippen molar-refractivity contribution in [1.29, 1.82) is 0 Å². The second-order valence-corrected chi connectivity index (χ2v) is 6.74. The number of halogens is 2. The van der Waals surface area contributed by atoms with Gasteiger partial charge in [0.2, 0.25) is 0 Å². The number of nitrogens with one attached hydrogen (secondary N) is 1. The van der Waals surface area contributed by atoms with E-state index in [0.717, 1.165) is 13.0 Å². The summed E-state index contributed by atoms with van der Waals surface area (Å²) in [7, 11) is 0. The molecule has 1 aliphatic rings. The van der Waals surface area contributed by atoms with Gasteiger partial charge in [-0.1, -0.05) is 22.4 Å². The lowest BCUT2D eigenvalue weighted by Gasteiger charge is -2.33. The van der Waals surface area contributed by atoms with Crippen molar-refractivity contribution in [3.63, 3.8) is 0 Å². The van der Waals surface area contributed by atoms with Crippen LogP contribution in [-0.4, -0.2) is 36.0 Å². The highest BCUT2D eigenvalue weighted by atomic mass is 79.9. The van der Waals surface area contributed by atoms with Crippen LogP contribution >= 0.6 is 15.9 Å². The van der Waals surface area contributed by atoms with Gasteiger partial charge in [0.1, 0.15) is 5.82 Å². The van der Waals surface area contributed by atoms with E-state index in [-0.39, 0.29) is 17.5 Å². The maximum absolute atomic E-state index is 13.9. The van der Waals surface area contributed by atoms with Crippen molar-refractivity contribution < 1.29 is 9.18 Å². The summed E-state index contributed by atoms with van der Waals surface area (Å²) in [6.07, 6.45) is 3.44. The Morgan fingerprint density at radius 3 is 2.86 bits per heavy atom. The maximum Gasteiger partial charge on any atom is 0.257 e. The van der Waals surface area contributed by atoms with Gasteiger partial charge >= 0.3 is 0 Å². The van der Waals surface area contributed by atoms with Gasteiger partial charge in [0.15, 0.2) is 0 Å². The Labute approximate surface area is 134 Å². The first-order chi connectivity index (χ1) is 9.99.